The lowest BCUT2D eigenvalue weighted by molar-refractivity contribution is 0.0369. The fourth-order valence-corrected chi connectivity index (χ4v) is 6.75. The summed E-state index contributed by atoms with van der Waals surface area (Å²) in [6.07, 6.45) is 11.8. The van der Waals surface area contributed by atoms with Crippen LogP contribution >= 0.6 is 0 Å². The molecule has 2 fully saturated rings. The zero-order valence-electron chi connectivity index (χ0n) is 20.4. The lowest BCUT2D eigenvalue weighted by Gasteiger charge is -2.29. The third-order valence-corrected chi connectivity index (χ3v) is 9.02. The molecule has 2 aliphatic rings. The number of unbranched alkanes of at least 4 members (excludes halogenated alkanes) is 3. The van der Waals surface area contributed by atoms with Gasteiger partial charge in [-0.25, -0.2) is 12.7 Å². The van der Waals surface area contributed by atoms with Crippen molar-refractivity contribution in [3.8, 4) is 0 Å². The molecule has 1 saturated heterocycles. The summed E-state index contributed by atoms with van der Waals surface area (Å²) in [5.74, 6) is 0.403. The van der Waals surface area contributed by atoms with Crippen LogP contribution in [0.4, 0.5) is 5.69 Å². The summed E-state index contributed by atoms with van der Waals surface area (Å²) < 4.78 is 33.7. The van der Waals surface area contributed by atoms with Crippen LogP contribution in [0.2, 0.25) is 0 Å². The number of morpholine rings is 1. The molecule has 0 aromatic carbocycles. The normalized spacial score (nSPS) is 18.6. The smallest absolute Gasteiger partial charge is 0.216 e. The van der Waals surface area contributed by atoms with Crippen molar-refractivity contribution < 1.29 is 13.2 Å². The molecule has 2 heterocycles. The second-order valence-electron chi connectivity index (χ2n) is 9.20. The number of pyridine rings is 1. The zero-order valence-corrected chi connectivity index (χ0v) is 21.2. The number of nitrogens with zero attached hydrogens (tertiary/aromatic N) is 4. The van der Waals surface area contributed by atoms with E-state index in [4.69, 9.17) is 10.5 Å². The largest absolute Gasteiger partial charge is 0.379 e. The minimum atomic E-state index is -3.20. The molecule has 192 valence electrons. The lowest BCUT2D eigenvalue weighted by atomic mass is 10.2. The molecule has 3 N–H and O–H groups in total. The highest BCUT2D eigenvalue weighted by Crippen LogP contribution is 2.27. The number of rotatable bonds is 14. The molecule has 34 heavy (non-hydrogen) atoms. The Balaban J connectivity index is 1.37. The first kappa shape index (κ1) is 26.8. The molecule has 3 rings (SSSR count). The number of anilines is 1. The van der Waals surface area contributed by atoms with Gasteiger partial charge in [-0.15, -0.1) is 0 Å². The minimum Gasteiger partial charge on any atom is -0.379 e. The molecule has 0 radical (unpaired) electrons. The monoisotopic (exact) mass is 494 g/mol. The standard InChI is InChI=1S/C24H42N6O3S/c25-24(28-22-10-13-26-14-11-22)27-12-5-1-2-6-16-30(34(31,32)23-8-3-4-9-23)17-7-15-29-18-20-33-21-19-29/h10-11,13-14,23H,1-9,12,15-21H2,(H3,25,26,27,28). The van der Waals surface area contributed by atoms with Crippen molar-refractivity contribution in [2.75, 3.05) is 57.8 Å². The van der Waals surface area contributed by atoms with Crippen molar-refractivity contribution in [2.45, 2.75) is 63.0 Å². The van der Waals surface area contributed by atoms with Crippen LogP contribution in [0.3, 0.4) is 0 Å². The summed E-state index contributed by atoms with van der Waals surface area (Å²) in [6.45, 7) is 6.29. The topological polar surface area (TPSA) is 113 Å². The predicted octanol–water partition coefficient (Wildman–Crippen LogP) is 2.67. The van der Waals surface area contributed by atoms with Crippen molar-refractivity contribution in [3.05, 3.63) is 24.5 Å². The lowest BCUT2D eigenvalue weighted by Crippen LogP contribution is -2.41. The second kappa shape index (κ2) is 14.6. The van der Waals surface area contributed by atoms with E-state index in [1.807, 2.05) is 12.1 Å². The fourth-order valence-electron chi connectivity index (χ4n) is 4.63. The van der Waals surface area contributed by atoms with Crippen LogP contribution < -0.4 is 11.1 Å². The number of aromatic nitrogens is 1. The van der Waals surface area contributed by atoms with Gasteiger partial charge in [0.05, 0.1) is 18.5 Å². The first-order valence-electron chi connectivity index (χ1n) is 12.8. The van der Waals surface area contributed by atoms with E-state index in [0.717, 1.165) is 96.3 Å². The third kappa shape index (κ3) is 9.13. The number of hydrogen-bond acceptors (Lipinski definition) is 6. The summed E-state index contributed by atoms with van der Waals surface area (Å²) in [7, 11) is -3.20. The number of nitrogens with two attached hydrogens (primary N) is 1. The van der Waals surface area contributed by atoms with E-state index < -0.39 is 10.0 Å². The van der Waals surface area contributed by atoms with Crippen molar-refractivity contribution in [3.63, 3.8) is 0 Å². The highest BCUT2D eigenvalue weighted by Gasteiger charge is 2.33. The van der Waals surface area contributed by atoms with Gasteiger partial charge in [0.1, 0.15) is 0 Å². The molecule has 1 aromatic heterocycles. The number of aliphatic imine (C=N–C) groups is 1. The molecular weight excluding hydrogens is 452 g/mol. The van der Waals surface area contributed by atoms with Crippen LogP contribution in [-0.4, -0.2) is 86.3 Å². The van der Waals surface area contributed by atoms with Gasteiger partial charge in [0.15, 0.2) is 5.96 Å². The fraction of sp³-hybridized carbons (Fsp3) is 0.750. The first-order chi connectivity index (χ1) is 16.6. The van der Waals surface area contributed by atoms with Crippen LogP contribution in [-0.2, 0) is 14.8 Å². The van der Waals surface area contributed by atoms with Crippen molar-refractivity contribution in [1.29, 1.82) is 0 Å². The quantitative estimate of drug-likeness (QED) is 0.232. The number of ether oxygens (including phenoxy) is 1. The predicted molar refractivity (Wildman–Crippen MR) is 137 cm³/mol. The highest BCUT2D eigenvalue weighted by atomic mass is 32.2. The van der Waals surface area contributed by atoms with E-state index in [2.05, 4.69) is 20.2 Å². The van der Waals surface area contributed by atoms with Gasteiger partial charge in [0, 0.05) is 50.8 Å². The molecular formula is C24H42N6O3S. The summed E-state index contributed by atoms with van der Waals surface area (Å²) in [5.41, 5.74) is 6.80. The number of hydrogen-bond donors (Lipinski definition) is 2. The van der Waals surface area contributed by atoms with Crippen molar-refractivity contribution in [2.24, 2.45) is 10.7 Å². The molecule has 9 nitrogen and oxygen atoms in total. The SMILES string of the molecule is NC(=NCCCCCCN(CCCN1CCOCC1)S(=O)(=O)C1CCCC1)Nc1ccncc1. The van der Waals surface area contributed by atoms with E-state index >= 15 is 0 Å². The van der Waals surface area contributed by atoms with Crippen molar-refractivity contribution >= 4 is 21.7 Å². The van der Waals surface area contributed by atoms with Gasteiger partial charge in [-0.1, -0.05) is 25.7 Å². The average molecular weight is 495 g/mol. The number of nitrogens with one attached hydrogen (secondary N) is 1. The zero-order chi connectivity index (χ0) is 24.1. The molecule has 0 unspecified atom stereocenters. The Labute approximate surface area is 205 Å². The van der Waals surface area contributed by atoms with E-state index in [-0.39, 0.29) is 5.25 Å². The summed E-state index contributed by atoms with van der Waals surface area (Å²) in [4.78, 5) is 10.7. The maximum absolute atomic E-state index is 13.3. The van der Waals surface area contributed by atoms with Gasteiger partial charge in [-0.2, -0.15) is 0 Å². The molecule has 0 amide bonds. The highest BCUT2D eigenvalue weighted by molar-refractivity contribution is 7.89. The van der Waals surface area contributed by atoms with E-state index in [0.29, 0.717) is 25.6 Å². The Morgan fingerprint density at radius 2 is 1.76 bits per heavy atom. The first-order valence-corrected chi connectivity index (χ1v) is 14.3. The van der Waals surface area contributed by atoms with Crippen LogP contribution in [0.25, 0.3) is 0 Å². The molecule has 1 aliphatic heterocycles. The second-order valence-corrected chi connectivity index (χ2v) is 11.4. The Hall–Kier alpha value is -1.75. The van der Waals surface area contributed by atoms with Gasteiger partial charge in [0.25, 0.3) is 0 Å². The Morgan fingerprint density at radius 3 is 2.50 bits per heavy atom. The Morgan fingerprint density at radius 1 is 1.09 bits per heavy atom. The van der Waals surface area contributed by atoms with Crippen molar-refractivity contribution in [1.82, 2.24) is 14.2 Å². The van der Waals surface area contributed by atoms with Crippen LogP contribution in [0, 0.1) is 0 Å². The van der Waals surface area contributed by atoms with Crippen LogP contribution in [0.5, 0.6) is 0 Å². The van der Waals surface area contributed by atoms with E-state index in [1.54, 1.807) is 16.7 Å². The molecule has 0 bridgehead atoms. The third-order valence-electron chi connectivity index (χ3n) is 6.62. The summed E-state index contributed by atoms with van der Waals surface area (Å²) in [6, 6.07) is 3.68. The molecule has 1 saturated carbocycles. The summed E-state index contributed by atoms with van der Waals surface area (Å²) in [5, 5.41) is 2.87. The Kier molecular flexibility index (Phi) is 11.5. The maximum Gasteiger partial charge on any atom is 0.216 e. The Bertz CT molecular complexity index is 824. The number of sulfonamides is 1. The van der Waals surface area contributed by atoms with Crippen LogP contribution in [0.15, 0.2) is 29.5 Å². The molecule has 1 aliphatic carbocycles. The van der Waals surface area contributed by atoms with Gasteiger partial charge in [-0.3, -0.25) is 14.9 Å². The molecule has 0 spiro atoms. The maximum atomic E-state index is 13.3. The summed E-state index contributed by atoms with van der Waals surface area (Å²) >= 11 is 0. The van der Waals surface area contributed by atoms with E-state index in [9.17, 15) is 8.42 Å². The molecule has 1 aromatic rings. The van der Waals surface area contributed by atoms with Crippen LogP contribution in [0.1, 0.15) is 57.8 Å². The van der Waals surface area contributed by atoms with Gasteiger partial charge >= 0.3 is 0 Å². The minimum absolute atomic E-state index is 0.180. The molecule has 10 heteroatoms. The average Bonchev–Trinajstić information content (AvgIpc) is 3.40. The van der Waals surface area contributed by atoms with Gasteiger partial charge < -0.3 is 15.8 Å². The van der Waals surface area contributed by atoms with Gasteiger partial charge in [-0.05, 0) is 50.8 Å². The number of guanidine groups is 1. The van der Waals surface area contributed by atoms with Gasteiger partial charge in [0.2, 0.25) is 10.0 Å². The molecule has 0 atom stereocenters. The van der Waals surface area contributed by atoms with E-state index in [1.165, 1.54) is 0 Å².